The van der Waals surface area contributed by atoms with Crippen LogP contribution in [0.15, 0.2) is 57.9 Å². The molecule has 5 rings (SSSR count). The highest BCUT2D eigenvalue weighted by atomic mass is 19.1. The Morgan fingerprint density at radius 3 is 2.69 bits per heavy atom. The SMILES string of the molecule is Cc1ccc(F)c(Cn2c3cc(F)c(C)cc3c3c4cccnc4oc(=O)c32)c1. The summed E-state index contributed by atoms with van der Waals surface area (Å²) in [6.07, 6.45) is 1.54. The van der Waals surface area contributed by atoms with Gasteiger partial charge in [-0.25, -0.2) is 18.6 Å². The molecule has 6 heteroatoms. The number of hydrogen-bond donors (Lipinski definition) is 0. The Bertz CT molecular complexity index is 1500. The van der Waals surface area contributed by atoms with Crippen molar-refractivity contribution in [3.05, 3.63) is 87.4 Å². The molecule has 0 atom stereocenters. The van der Waals surface area contributed by atoms with Gasteiger partial charge < -0.3 is 8.98 Å². The average molecular weight is 390 g/mol. The molecule has 0 aliphatic carbocycles. The summed E-state index contributed by atoms with van der Waals surface area (Å²) in [6, 6.07) is 11.5. The number of rotatable bonds is 2. The molecule has 3 aromatic heterocycles. The Balaban J connectivity index is 1.96. The van der Waals surface area contributed by atoms with Crippen molar-refractivity contribution in [3.63, 3.8) is 0 Å². The number of aromatic nitrogens is 2. The summed E-state index contributed by atoms with van der Waals surface area (Å²) in [5.41, 5.74) is 2.17. The van der Waals surface area contributed by atoms with E-state index in [-0.39, 0.29) is 23.6 Å². The van der Waals surface area contributed by atoms with E-state index in [1.165, 1.54) is 12.1 Å². The first kappa shape index (κ1) is 17.6. The number of nitrogens with zero attached hydrogens (tertiary/aromatic N) is 2. The predicted octanol–water partition coefficient (Wildman–Crippen LogP) is 5.24. The third kappa shape index (κ3) is 2.63. The van der Waals surface area contributed by atoms with Gasteiger partial charge in [0.1, 0.15) is 17.2 Å². The van der Waals surface area contributed by atoms with Gasteiger partial charge in [-0.2, -0.15) is 0 Å². The van der Waals surface area contributed by atoms with Crippen LogP contribution < -0.4 is 5.63 Å². The van der Waals surface area contributed by atoms with Crippen LogP contribution >= 0.6 is 0 Å². The van der Waals surface area contributed by atoms with Crippen molar-refractivity contribution in [3.8, 4) is 0 Å². The van der Waals surface area contributed by atoms with Gasteiger partial charge in [-0.05, 0) is 49.7 Å². The third-order valence-electron chi connectivity index (χ3n) is 5.30. The molecule has 0 fully saturated rings. The van der Waals surface area contributed by atoms with E-state index in [0.717, 1.165) is 5.56 Å². The monoisotopic (exact) mass is 390 g/mol. The highest BCUT2D eigenvalue weighted by Gasteiger charge is 2.21. The molecule has 0 saturated carbocycles. The van der Waals surface area contributed by atoms with Gasteiger partial charge in [0.05, 0.1) is 12.1 Å². The van der Waals surface area contributed by atoms with E-state index in [0.29, 0.717) is 32.8 Å². The van der Waals surface area contributed by atoms with Crippen molar-refractivity contribution in [1.82, 2.24) is 9.55 Å². The molecule has 144 valence electrons. The molecule has 0 bridgehead atoms. The lowest BCUT2D eigenvalue weighted by molar-refractivity contribution is 0.552. The Labute approximate surface area is 164 Å². The summed E-state index contributed by atoms with van der Waals surface area (Å²) in [5.74, 6) is -0.775. The fourth-order valence-electron chi connectivity index (χ4n) is 3.92. The molecule has 3 heterocycles. The zero-order valence-corrected chi connectivity index (χ0v) is 15.8. The minimum atomic E-state index is -0.589. The summed E-state index contributed by atoms with van der Waals surface area (Å²) in [4.78, 5) is 17.0. The van der Waals surface area contributed by atoms with Crippen molar-refractivity contribution >= 4 is 32.9 Å². The van der Waals surface area contributed by atoms with E-state index in [4.69, 9.17) is 4.42 Å². The second kappa shape index (κ2) is 6.24. The molecule has 5 aromatic rings. The lowest BCUT2D eigenvalue weighted by Gasteiger charge is -2.09. The Morgan fingerprint density at radius 2 is 1.86 bits per heavy atom. The minimum Gasteiger partial charge on any atom is -0.402 e. The van der Waals surface area contributed by atoms with Crippen LogP contribution in [0.5, 0.6) is 0 Å². The first-order valence-electron chi connectivity index (χ1n) is 9.19. The number of halogens is 2. The normalized spacial score (nSPS) is 11.7. The van der Waals surface area contributed by atoms with Crippen LogP contribution in [0.3, 0.4) is 0 Å². The van der Waals surface area contributed by atoms with Crippen molar-refractivity contribution in [1.29, 1.82) is 0 Å². The first-order valence-corrected chi connectivity index (χ1v) is 9.19. The van der Waals surface area contributed by atoms with Gasteiger partial charge in [-0.1, -0.05) is 17.7 Å². The van der Waals surface area contributed by atoms with E-state index < -0.39 is 11.4 Å². The quantitative estimate of drug-likeness (QED) is 0.414. The molecular weight excluding hydrogens is 374 g/mol. The van der Waals surface area contributed by atoms with Crippen molar-refractivity contribution in [2.75, 3.05) is 0 Å². The molecule has 29 heavy (non-hydrogen) atoms. The standard InChI is InChI=1S/C23H16F2N2O2/c1-12-5-6-17(24)14(8-12)11-27-19-10-18(25)13(2)9-16(19)20-15-4-3-7-26-22(15)29-23(28)21(20)27/h3-10H,11H2,1-2H3. The van der Waals surface area contributed by atoms with Crippen molar-refractivity contribution in [2.24, 2.45) is 0 Å². The molecule has 0 aliphatic rings. The number of benzene rings is 2. The second-order valence-electron chi connectivity index (χ2n) is 7.27. The number of fused-ring (bicyclic) bond motifs is 5. The van der Waals surface area contributed by atoms with E-state index in [1.807, 2.05) is 13.0 Å². The Kier molecular flexibility index (Phi) is 3.77. The predicted molar refractivity (Wildman–Crippen MR) is 108 cm³/mol. The largest absolute Gasteiger partial charge is 0.402 e. The van der Waals surface area contributed by atoms with Crippen LogP contribution in [0.4, 0.5) is 8.78 Å². The summed E-state index contributed by atoms with van der Waals surface area (Å²) in [6.45, 7) is 3.61. The van der Waals surface area contributed by atoms with Gasteiger partial charge in [0.15, 0.2) is 0 Å². The zero-order chi connectivity index (χ0) is 20.3. The van der Waals surface area contributed by atoms with Gasteiger partial charge in [0, 0.05) is 27.9 Å². The van der Waals surface area contributed by atoms with Gasteiger partial charge >= 0.3 is 5.63 Å². The van der Waals surface area contributed by atoms with Gasteiger partial charge in [-0.15, -0.1) is 0 Å². The van der Waals surface area contributed by atoms with E-state index in [1.54, 1.807) is 42.0 Å². The molecule has 0 radical (unpaired) electrons. The Hall–Kier alpha value is -3.54. The molecule has 2 aromatic carbocycles. The Morgan fingerprint density at radius 1 is 1.03 bits per heavy atom. The maximum absolute atomic E-state index is 14.5. The summed E-state index contributed by atoms with van der Waals surface area (Å²) < 4.78 is 36.0. The molecule has 4 nitrogen and oxygen atoms in total. The summed E-state index contributed by atoms with van der Waals surface area (Å²) >= 11 is 0. The summed E-state index contributed by atoms with van der Waals surface area (Å²) in [7, 11) is 0. The van der Waals surface area contributed by atoms with Crippen molar-refractivity contribution in [2.45, 2.75) is 20.4 Å². The lowest BCUT2D eigenvalue weighted by atomic mass is 10.1. The van der Waals surface area contributed by atoms with E-state index in [2.05, 4.69) is 4.98 Å². The third-order valence-corrected chi connectivity index (χ3v) is 5.30. The lowest BCUT2D eigenvalue weighted by Crippen LogP contribution is -2.09. The minimum absolute atomic E-state index is 0.0759. The maximum atomic E-state index is 14.5. The smallest absolute Gasteiger partial charge is 0.362 e. The van der Waals surface area contributed by atoms with Crippen LogP contribution in [-0.4, -0.2) is 9.55 Å². The van der Waals surface area contributed by atoms with Gasteiger partial charge in [0.2, 0.25) is 5.71 Å². The fraction of sp³-hybridized carbons (Fsp3) is 0.130. The van der Waals surface area contributed by atoms with Gasteiger partial charge in [-0.3, -0.25) is 0 Å². The molecule has 0 unspecified atom stereocenters. The number of pyridine rings is 1. The van der Waals surface area contributed by atoms with E-state index in [9.17, 15) is 13.6 Å². The topological polar surface area (TPSA) is 48.0 Å². The highest BCUT2D eigenvalue weighted by Crippen LogP contribution is 2.34. The van der Waals surface area contributed by atoms with Crippen LogP contribution in [0, 0.1) is 25.5 Å². The van der Waals surface area contributed by atoms with Crippen LogP contribution in [0.1, 0.15) is 16.7 Å². The van der Waals surface area contributed by atoms with E-state index >= 15 is 0 Å². The number of hydrogen-bond acceptors (Lipinski definition) is 3. The van der Waals surface area contributed by atoms with Crippen molar-refractivity contribution < 1.29 is 13.2 Å². The molecule has 0 saturated heterocycles. The van der Waals surface area contributed by atoms with Crippen LogP contribution in [0.2, 0.25) is 0 Å². The fourth-order valence-corrected chi connectivity index (χ4v) is 3.92. The van der Waals surface area contributed by atoms with Gasteiger partial charge in [0.25, 0.3) is 0 Å². The number of aryl methyl sites for hydroxylation is 2. The second-order valence-corrected chi connectivity index (χ2v) is 7.27. The van der Waals surface area contributed by atoms with Crippen LogP contribution in [-0.2, 0) is 6.54 Å². The zero-order valence-electron chi connectivity index (χ0n) is 15.8. The maximum Gasteiger partial charge on any atom is 0.362 e. The first-order chi connectivity index (χ1) is 13.9. The molecule has 0 N–H and O–H groups in total. The average Bonchev–Trinajstić information content (AvgIpc) is 2.99. The molecular formula is C23H16F2N2O2. The van der Waals surface area contributed by atoms with Crippen LogP contribution in [0.25, 0.3) is 32.9 Å². The molecule has 0 amide bonds. The summed E-state index contributed by atoms with van der Waals surface area (Å²) in [5, 5.41) is 2.00. The molecule has 0 spiro atoms. The molecule has 0 aliphatic heterocycles. The highest BCUT2D eigenvalue weighted by molar-refractivity contribution is 6.18.